The van der Waals surface area contributed by atoms with Crippen LogP contribution in [0.4, 0.5) is 0 Å². The Hall–Kier alpha value is -2.82. The molecule has 0 bridgehead atoms. The minimum atomic E-state index is -0.122. The highest BCUT2D eigenvalue weighted by Gasteiger charge is 2.11. The summed E-state index contributed by atoms with van der Waals surface area (Å²) in [6.45, 7) is 4.58. The second-order valence-corrected chi connectivity index (χ2v) is 6.00. The summed E-state index contributed by atoms with van der Waals surface area (Å²) in [6, 6.07) is 13.2. The summed E-state index contributed by atoms with van der Waals surface area (Å²) in [5, 5.41) is 2.93. The van der Waals surface area contributed by atoms with Crippen LogP contribution in [0.1, 0.15) is 41.5 Å². The molecule has 0 saturated heterocycles. The Labute approximate surface area is 141 Å². The van der Waals surface area contributed by atoms with E-state index >= 15 is 0 Å². The third-order valence-corrected chi connectivity index (χ3v) is 3.94. The fourth-order valence-electron chi connectivity index (χ4n) is 2.57. The number of imidazole rings is 1. The Morgan fingerprint density at radius 1 is 1.25 bits per heavy atom. The highest BCUT2D eigenvalue weighted by atomic mass is 16.5. The van der Waals surface area contributed by atoms with Gasteiger partial charge in [-0.05, 0) is 24.3 Å². The van der Waals surface area contributed by atoms with E-state index in [4.69, 9.17) is 4.74 Å². The molecule has 0 atom stereocenters. The van der Waals surface area contributed by atoms with Gasteiger partial charge in [-0.3, -0.25) is 4.79 Å². The van der Waals surface area contributed by atoms with Gasteiger partial charge in [-0.15, -0.1) is 0 Å². The number of hydrogen-bond donors (Lipinski definition) is 2. The minimum Gasteiger partial charge on any atom is -0.496 e. The normalized spacial score (nSPS) is 11.0. The summed E-state index contributed by atoms with van der Waals surface area (Å²) >= 11 is 0. The quantitative estimate of drug-likeness (QED) is 0.753. The van der Waals surface area contributed by atoms with E-state index in [0.717, 1.165) is 28.2 Å². The first-order valence-electron chi connectivity index (χ1n) is 7.98. The molecule has 0 fully saturated rings. The molecular formula is C19H21N3O2. The van der Waals surface area contributed by atoms with Crippen molar-refractivity contribution in [1.29, 1.82) is 0 Å². The molecule has 1 aromatic heterocycles. The van der Waals surface area contributed by atoms with Crippen LogP contribution in [0.5, 0.6) is 5.75 Å². The predicted octanol–water partition coefficient (Wildman–Crippen LogP) is 3.62. The van der Waals surface area contributed by atoms with Gasteiger partial charge in [0.25, 0.3) is 5.91 Å². The zero-order chi connectivity index (χ0) is 17.1. The first-order valence-corrected chi connectivity index (χ1v) is 7.98. The molecule has 1 amide bonds. The Balaban J connectivity index is 1.76. The molecule has 2 N–H and O–H groups in total. The molecule has 0 aliphatic heterocycles. The second-order valence-electron chi connectivity index (χ2n) is 6.00. The van der Waals surface area contributed by atoms with E-state index in [0.29, 0.717) is 18.0 Å². The number of H-pyrrole nitrogens is 1. The van der Waals surface area contributed by atoms with Crippen molar-refractivity contribution in [3.63, 3.8) is 0 Å². The highest BCUT2D eigenvalue weighted by molar-refractivity contribution is 5.97. The molecule has 24 heavy (non-hydrogen) atoms. The summed E-state index contributed by atoms with van der Waals surface area (Å²) in [5.74, 6) is 1.89. The molecule has 3 rings (SSSR count). The molecule has 0 saturated carbocycles. The number of methoxy groups -OCH3 is 1. The largest absolute Gasteiger partial charge is 0.496 e. The third kappa shape index (κ3) is 3.25. The second kappa shape index (κ2) is 6.74. The monoisotopic (exact) mass is 323 g/mol. The average Bonchev–Trinajstić information content (AvgIpc) is 3.03. The minimum absolute atomic E-state index is 0.122. The number of aromatic amines is 1. The lowest BCUT2D eigenvalue weighted by Crippen LogP contribution is -2.23. The van der Waals surface area contributed by atoms with Gasteiger partial charge in [-0.1, -0.05) is 32.0 Å². The number of nitrogens with one attached hydrogen (secondary N) is 2. The average molecular weight is 323 g/mol. The molecule has 0 aliphatic rings. The zero-order valence-electron chi connectivity index (χ0n) is 14.1. The van der Waals surface area contributed by atoms with Crippen LogP contribution in [0.3, 0.4) is 0 Å². The van der Waals surface area contributed by atoms with Gasteiger partial charge in [-0.25, -0.2) is 4.98 Å². The smallest absolute Gasteiger partial charge is 0.251 e. The molecule has 5 nitrogen and oxygen atoms in total. The van der Waals surface area contributed by atoms with Crippen molar-refractivity contribution in [2.75, 3.05) is 7.11 Å². The molecule has 2 aromatic carbocycles. The molecule has 1 heterocycles. The molecule has 124 valence electrons. The number of para-hydroxylation sites is 1. The Morgan fingerprint density at radius 3 is 2.79 bits per heavy atom. The van der Waals surface area contributed by atoms with Crippen LogP contribution < -0.4 is 10.1 Å². The lowest BCUT2D eigenvalue weighted by Gasteiger charge is -2.09. The van der Waals surface area contributed by atoms with Gasteiger partial charge in [0.15, 0.2) is 0 Å². The standard InChI is InChI=1S/C19H21N3O2/c1-12(2)18-21-15-9-8-13(10-16(15)22-18)19(23)20-11-14-6-4-5-7-17(14)24-3/h4-10,12H,11H2,1-3H3,(H,20,23)(H,21,22). The van der Waals surface area contributed by atoms with Crippen LogP contribution in [-0.4, -0.2) is 23.0 Å². The number of benzene rings is 2. The van der Waals surface area contributed by atoms with Crippen molar-refractivity contribution >= 4 is 16.9 Å². The van der Waals surface area contributed by atoms with Crippen molar-refractivity contribution in [3.05, 3.63) is 59.4 Å². The van der Waals surface area contributed by atoms with E-state index in [-0.39, 0.29) is 5.91 Å². The number of fused-ring (bicyclic) bond motifs is 1. The van der Waals surface area contributed by atoms with E-state index in [1.807, 2.05) is 36.4 Å². The summed E-state index contributed by atoms with van der Waals surface area (Å²) in [6.07, 6.45) is 0. The lowest BCUT2D eigenvalue weighted by atomic mass is 10.1. The van der Waals surface area contributed by atoms with Crippen LogP contribution >= 0.6 is 0 Å². The van der Waals surface area contributed by atoms with E-state index in [2.05, 4.69) is 29.1 Å². The number of rotatable bonds is 5. The van der Waals surface area contributed by atoms with Crippen molar-refractivity contribution in [3.8, 4) is 5.75 Å². The van der Waals surface area contributed by atoms with Crippen LogP contribution in [-0.2, 0) is 6.54 Å². The van der Waals surface area contributed by atoms with Gasteiger partial charge in [0.05, 0.1) is 18.1 Å². The number of carbonyl (C=O) groups is 1. The van der Waals surface area contributed by atoms with E-state index in [1.54, 1.807) is 13.2 Å². The van der Waals surface area contributed by atoms with Gasteiger partial charge >= 0.3 is 0 Å². The van der Waals surface area contributed by atoms with Gasteiger partial charge in [-0.2, -0.15) is 0 Å². The van der Waals surface area contributed by atoms with E-state index < -0.39 is 0 Å². The topological polar surface area (TPSA) is 67.0 Å². The molecule has 5 heteroatoms. The summed E-state index contributed by atoms with van der Waals surface area (Å²) < 4.78 is 5.30. The molecule has 0 aliphatic carbocycles. The zero-order valence-corrected chi connectivity index (χ0v) is 14.1. The summed E-state index contributed by atoms with van der Waals surface area (Å²) in [4.78, 5) is 20.2. The molecule has 0 unspecified atom stereocenters. The van der Waals surface area contributed by atoms with Gasteiger partial charge in [0.1, 0.15) is 11.6 Å². The van der Waals surface area contributed by atoms with Gasteiger partial charge < -0.3 is 15.0 Å². The van der Waals surface area contributed by atoms with Crippen LogP contribution in [0, 0.1) is 0 Å². The summed E-state index contributed by atoms with van der Waals surface area (Å²) in [7, 11) is 1.62. The van der Waals surface area contributed by atoms with Gasteiger partial charge in [0.2, 0.25) is 0 Å². The highest BCUT2D eigenvalue weighted by Crippen LogP contribution is 2.19. The number of amides is 1. The van der Waals surface area contributed by atoms with E-state index in [1.165, 1.54) is 0 Å². The maximum absolute atomic E-state index is 12.4. The molecule has 0 spiro atoms. The Bertz CT molecular complexity index is 868. The Morgan fingerprint density at radius 2 is 2.04 bits per heavy atom. The van der Waals surface area contributed by atoms with Crippen LogP contribution in [0.25, 0.3) is 11.0 Å². The molecule has 0 radical (unpaired) electrons. The predicted molar refractivity (Wildman–Crippen MR) is 94.3 cm³/mol. The third-order valence-electron chi connectivity index (χ3n) is 3.94. The molecule has 3 aromatic rings. The van der Waals surface area contributed by atoms with Crippen molar-refractivity contribution in [1.82, 2.24) is 15.3 Å². The number of carbonyl (C=O) groups excluding carboxylic acids is 1. The SMILES string of the molecule is COc1ccccc1CNC(=O)c1ccc2nc(C(C)C)[nH]c2c1. The van der Waals surface area contributed by atoms with Gasteiger partial charge in [0, 0.05) is 23.6 Å². The number of ether oxygens (including phenoxy) is 1. The fourth-order valence-corrected chi connectivity index (χ4v) is 2.57. The number of hydrogen-bond acceptors (Lipinski definition) is 3. The first-order chi connectivity index (χ1) is 11.6. The molecular weight excluding hydrogens is 302 g/mol. The van der Waals surface area contributed by atoms with Crippen LogP contribution in [0.2, 0.25) is 0 Å². The maximum atomic E-state index is 12.4. The van der Waals surface area contributed by atoms with Crippen molar-refractivity contribution in [2.45, 2.75) is 26.3 Å². The van der Waals surface area contributed by atoms with Crippen LogP contribution in [0.15, 0.2) is 42.5 Å². The van der Waals surface area contributed by atoms with E-state index in [9.17, 15) is 4.79 Å². The van der Waals surface area contributed by atoms with Crippen molar-refractivity contribution in [2.24, 2.45) is 0 Å². The van der Waals surface area contributed by atoms with Crippen molar-refractivity contribution < 1.29 is 9.53 Å². The number of aromatic nitrogens is 2. The Kier molecular flexibility index (Phi) is 4.51. The number of nitrogens with zero attached hydrogens (tertiary/aromatic N) is 1. The fraction of sp³-hybridized carbons (Fsp3) is 0.263. The lowest BCUT2D eigenvalue weighted by molar-refractivity contribution is 0.0951. The maximum Gasteiger partial charge on any atom is 0.251 e. The first kappa shape index (κ1) is 16.1. The summed E-state index contributed by atoms with van der Waals surface area (Å²) in [5.41, 5.74) is 3.30.